The Balaban J connectivity index is 0.00000338. The predicted octanol–water partition coefficient (Wildman–Crippen LogP) is 2.24. The minimum atomic E-state index is -0.444. The van der Waals surface area contributed by atoms with Crippen molar-refractivity contribution >= 4 is 18.3 Å². The summed E-state index contributed by atoms with van der Waals surface area (Å²) in [5.74, 6) is 1.63. The second-order valence-electron chi connectivity index (χ2n) is 5.77. The number of carbonyl (C=O) groups excluding carboxylic acids is 1. The Morgan fingerprint density at radius 2 is 1.73 bits per heavy atom. The molecule has 1 aromatic carbocycles. The summed E-state index contributed by atoms with van der Waals surface area (Å²) < 4.78 is 10.5. The van der Waals surface area contributed by atoms with E-state index in [0.717, 1.165) is 17.0 Å². The molecule has 2 rings (SSSR count). The Morgan fingerprint density at radius 1 is 1.12 bits per heavy atom. The van der Waals surface area contributed by atoms with E-state index < -0.39 is 6.04 Å². The molecule has 0 aliphatic heterocycles. The van der Waals surface area contributed by atoms with Gasteiger partial charge in [-0.15, -0.1) is 12.4 Å². The third-order valence-electron chi connectivity index (χ3n) is 3.71. The molecule has 1 atom stereocenters. The van der Waals surface area contributed by atoms with Gasteiger partial charge in [0.25, 0.3) is 0 Å². The van der Waals surface area contributed by atoms with Gasteiger partial charge in [-0.3, -0.25) is 4.79 Å². The molecule has 1 unspecified atom stereocenters. The Labute approximate surface area is 159 Å². The number of hydrogen-bond donors (Lipinski definition) is 2. The number of carbonyl (C=O) groups is 1. The van der Waals surface area contributed by atoms with Crippen molar-refractivity contribution < 1.29 is 14.3 Å². The summed E-state index contributed by atoms with van der Waals surface area (Å²) in [5.41, 5.74) is 8.69. The van der Waals surface area contributed by atoms with Crippen molar-refractivity contribution in [3.8, 4) is 11.5 Å². The summed E-state index contributed by atoms with van der Waals surface area (Å²) in [5, 5.41) is 2.81. The molecule has 3 N–H and O–H groups in total. The van der Waals surface area contributed by atoms with Gasteiger partial charge in [0.15, 0.2) is 11.5 Å². The second kappa shape index (κ2) is 9.94. The van der Waals surface area contributed by atoms with Crippen LogP contribution < -0.4 is 20.5 Å². The lowest BCUT2D eigenvalue weighted by Gasteiger charge is -2.15. The quantitative estimate of drug-likeness (QED) is 0.764. The molecular formula is C18H25ClN4O3. The Bertz CT molecular complexity index is 735. The first-order chi connectivity index (χ1) is 11.9. The number of rotatable bonds is 7. The number of nitrogens with zero attached hydrogens (tertiary/aromatic N) is 2. The van der Waals surface area contributed by atoms with Gasteiger partial charge in [0, 0.05) is 23.9 Å². The van der Waals surface area contributed by atoms with Gasteiger partial charge in [0.1, 0.15) is 5.82 Å². The first kappa shape index (κ1) is 21.7. The fourth-order valence-corrected chi connectivity index (χ4v) is 2.53. The van der Waals surface area contributed by atoms with Crippen molar-refractivity contribution in [3.05, 3.63) is 47.0 Å². The van der Waals surface area contributed by atoms with E-state index in [1.807, 2.05) is 26.0 Å². The van der Waals surface area contributed by atoms with Gasteiger partial charge in [-0.1, -0.05) is 6.07 Å². The van der Waals surface area contributed by atoms with E-state index in [2.05, 4.69) is 15.3 Å². The van der Waals surface area contributed by atoms with E-state index in [-0.39, 0.29) is 31.3 Å². The number of nitrogens with two attached hydrogens (primary N) is 1. The lowest BCUT2D eigenvalue weighted by atomic mass is 10.0. The first-order valence-electron chi connectivity index (χ1n) is 7.98. The van der Waals surface area contributed by atoms with E-state index >= 15 is 0 Å². The molecule has 142 valence electrons. The topological polar surface area (TPSA) is 99.4 Å². The maximum absolute atomic E-state index is 12.1. The van der Waals surface area contributed by atoms with E-state index in [1.165, 1.54) is 0 Å². The van der Waals surface area contributed by atoms with Gasteiger partial charge >= 0.3 is 0 Å². The molecule has 0 spiro atoms. The van der Waals surface area contributed by atoms with Crippen LogP contribution in [0.5, 0.6) is 11.5 Å². The van der Waals surface area contributed by atoms with Crippen molar-refractivity contribution in [2.45, 2.75) is 32.9 Å². The summed E-state index contributed by atoms with van der Waals surface area (Å²) in [6.07, 6.45) is 0.153. The van der Waals surface area contributed by atoms with Crippen LogP contribution in [0.4, 0.5) is 0 Å². The summed E-state index contributed by atoms with van der Waals surface area (Å²) >= 11 is 0. The Hall–Kier alpha value is -2.38. The zero-order valence-corrected chi connectivity index (χ0v) is 16.2. The molecule has 1 amide bonds. The van der Waals surface area contributed by atoms with Gasteiger partial charge < -0.3 is 20.5 Å². The van der Waals surface area contributed by atoms with E-state index in [0.29, 0.717) is 17.3 Å². The molecule has 0 saturated carbocycles. The average molecular weight is 381 g/mol. The molecule has 0 radical (unpaired) electrons. The first-order valence-corrected chi connectivity index (χ1v) is 7.98. The number of ether oxygens (including phenoxy) is 2. The van der Waals surface area contributed by atoms with Crippen LogP contribution in [0.25, 0.3) is 0 Å². The fourth-order valence-electron chi connectivity index (χ4n) is 2.53. The van der Waals surface area contributed by atoms with Crippen LogP contribution in [-0.2, 0) is 11.3 Å². The molecule has 1 aromatic heterocycles. The van der Waals surface area contributed by atoms with Crippen LogP contribution in [-0.4, -0.2) is 30.1 Å². The highest BCUT2D eigenvalue weighted by atomic mass is 35.5. The predicted molar refractivity (Wildman–Crippen MR) is 102 cm³/mol. The van der Waals surface area contributed by atoms with Crippen molar-refractivity contribution in [2.24, 2.45) is 5.73 Å². The number of methoxy groups -OCH3 is 2. The maximum atomic E-state index is 12.1. The number of benzene rings is 1. The van der Waals surface area contributed by atoms with Crippen molar-refractivity contribution in [1.29, 1.82) is 0 Å². The van der Waals surface area contributed by atoms with E-state index in [1.54, 1.807) is 26.4 Å². The second-order valence-corrected chi connectivity index (χ2v) is 5.77. The zero-order chi connectivity index (χ0) is 18.4. The van der Waals surface area contributed by atoms with Crippen LogP contribution in [0.1, 0.15) is 35.2 Å². The summed E-state index contributed by atoms with van der Waals surface area (Å²) in [6, 6.07) is 6.82. The monoisotopic (exact) mass is 380 g/mol. The molecule has 0 aliphatic rings. The van der Waals surface area contributed by atoms with Crippen LogP contribution in [0.15, 0.2) is 24.3 Å². The van der Waals surface area contributed by atoms with E-state index in [4.69, 9.17) is 15.2 Å². The molecule has 0 saturated heterocycles. The van der Waals surface area contributed by atoms with Gasteiger partial charge in [0.2, 0.25) is 5.91 Å². The molecule has 0 bridgehead atoms. The molecular weight excluding hydrogens is 356 g/mol. The molecule has 2 aromatic rings. The largest absolute Gasteiger partial charge is 0.493 e. The minimum absolute atomic E-state index is 0. The van der Waals surface area contributed by atoms with Crippen LogP contribution in [0.2, 0.25) is 0 Å². The molecule has 7 nitrogen and oxygen atoms in total. The smallest absolute Gasteiger partial charge is 0.222 e. The highest BCUT2D eigenvalue weighted by Crippen LogP contribution is 2.30. The number of aryl methyl sites for hydroxylation is 2. The molecule has 0 aliphatic carbocycles. The molecule has 26 heavy (non-hydrogen) atoms. The van der Waals surface area contributed by atoms with Crippen LogP contribution in [0.3, 0.4) is 0 Å². The number of halogens is 1. The molecule has 8 heteroatoms. The zero-order valence-electron chi connectivity index (χ0n) is 15.4. The highest BCUT2D eigenvalue weighted by Gasteiger charge is 2.14. The SMILES string of the molecule is COc1ccc(C(N)CC(=O)NCc2nc(C)cc(C)n2)cc1OC.Cl. The van der Waals surface area contributed by atoms with Crippen molar-refractivity contribution in [3.63, 3.8) is 0 Å². The summed E-state index contributed by atoms with van der Waals surface area (Å²) in [7, 11) is 3.13. The lowest BCUT2D eigenvalue weighted by molar-refractivity contribution is -0.121. The van der Waals surface area contributed by atoms with Gasteiger partial charge in [-0.25, -0.2) is 9.97 Å². The van der Waals surface area contributed by atoms with Gasteiger partial charge in [0.05, 0.1) is 20.8 Å². The van der Waals surface area contributed by atoms with Gasteiger partial charge in [-0.05, 0) is 37.6 Å². The van der Waals surface area contributed by atoms with E-state index in [9.17, 15) is 4.79 Å². The van der Waals surface area contributed by atoms with Crippen LogP contribution in [0, 0.1) is 13.8 Å². The number of amides is 1. The fraction of sp³-hybridized carbons (Fsp3) is 0.389. The average Bonchev–Trinajstić information content (AvgIpc) is 2.58. The normalized spacial score (nSPS) is 11.3. The number of hydrogen-bond acceptors (Lipinski definition) is 6. The molecule has 1 heterocycles. The van der Waals surface area contributed by atoms with Crippen molar-refractivity contribution in [1.82, 2.24) is 15.3 Å². The highest BCUT2D eigenvalue weighted by molar-refractivity contribution is 5.85. The Kier molecular flexibility index (Phi) is 8.28. The number of nitrogens with one attached hydrogen (secondary N) is 1. The third-order valence-corrected chi connectivity index (χ3v) is 3.71. The molecule has 0 fully saturated rings. The maximum Gasteiger partial charge on any atom is 0.222 e. The summed E-state index contributed by atoms with van der Waals surface area (Å²) in [4.78, 5) is 20.7. The standard InChI is InChI=1S/C18H24N4O3.ClH/c1-11-7-12(2)22-17(21-11)10-20-18(23)9-14(19)13-5-6-15(24-3)16(8-13)25-4;/h5-8,14H,9-10,19H2,1-4H3,(H,20,23);1H. The minimum Gasteiger partial charge on any atom is -0.493 e. The van der Waals surface area contributed by atoms with Crippen molar-refractivity contribution in [2.75, 3.05) is 14.2 Å². The third kappa shape index (κ3) is 5.86. The van der Waals surface area contributed by atoms with Crippen LogP contribution >= 0.6 is 12.4 Å². The lowest BCUT2D eigenvalue weighted by Crippen LogP contribution is -2.28. The number of aromatic nitrogens is 2. The Morgan fingerprint density at radius 3 is 2.31 bits per heavy atom. The summed E-state index contributed by atoms with van der Waals surface area (Å²) in [6.45, 7) is 4.07. The van der Waals surface area contributed by atoms with Gasteiger partial charge in [-0.2, -0.15) is 0 Å².